The van der Waals surface area contributed by atoms with Crippen LogP contribution in [0.1, 0.15) is 0 Å². The van der Waals surface area contributed by atoms with Crippen LogP contribution in [0.5, 0.6) is 0 Å². The van der Waals surface area contributed by atoms with E-state index in [1.165, 1.54) is 36.4 Å². The molecule has 0 spiro atoms. The molecule has 0 fully saturated rings. The zero-order valence-corrected chi connectivity index (χ0v) is 21.7. The van der Waals surface area contributed by atoms with Crippen LogP contribution in [-0.4, -0.2) is 74.8 Å². The SMILES string of the molecule is O=S(=O)([O-])c1cccc(I)c1.O=S(=O)([O-])c1cccc(I)c1.[Ba+2]. The Morgan fingerprint density at radius 3 is 1.17 bits per heavy atom. The molecule has 0 heterocycles. The molecule has 0 unspecified atom stereocenters. The zero-order chi connectivity index (χ0) is 17.0. The summed E-state index contributed by atoms with van der Waals surface area (Å²) in [5.74, 6) is 0. The predicted octanol–water partition coefficient (Wildman–Crippen LogP) is 2.01. The first kappa shape index (κ1) is 24.3. The van der Waals surface area contributed by atoms with Crippen LogP contribution in [0, 0.1) is 7.14 Å². The molecule has 2 aromatic carbocycles. The number of hydrogen-bond acceptors (Lipinski definition) is 6. The number of hydrogen-bond donors (Lipinski definition) is 0. The van der Waals surface area contributed by atoms with Gasteiger partial charge in [0.05, 0.1) is 9.79 Å². The third kappa shape index (κ3) is 9.53. The molecule has 0 aliphatic heterocycles. The fraction of sp³-hybridized carbons (Fsp3) is 0. The Morgan fingerprint density at radius 2 is 1.00 bits per heavy atom. The van der Waals surface area contributed by atoms with E-state index in [1.54, 1.807) is 12.1 Å². The van der Waals surface area contributed by atoms with E-state index in [-0.39, 0.29) is 58.7 Å². The van der Waals surface area contributed by atoms with Gasteiger partial charge >= 0.3 is 48.9 Å². The molecule has 0 amide bonds. The Kier molecular flexibility index (Phi) is 11.0. The summed E-state index contributed by atoms with van der Waals surface area (Å²) >= 11 is 3.88. The van der Waals surface area contributed by atoms with Crippen molar-refractivity contribution in [1.82, 2.24) is 0 Å². The Hall–Kier alpha value is 1.29. The zero-order valence-electron chi connectivity index (χ0n) is 11.3. The van der Waals surface area contributed by atoms with Crippen molar-refractivity contribution in [1.29, 1.82) is 0 Å². The molecule has 0 saturated heterocycles. The maximum atomic E-state index is 10.4. The van der Waals surface area contributed by atoms with Gasteiger partial charge in [-0.25, -0.2) is 16.8 Å². The van der Waals surface area contributed by atoms with Crippen LogP contribution in [0.3, 0.4) is 0 Å². The molecule has 2 rings (SSSR count). The van der Waals surface area contributed by atoms with Gasteiger partial charge in [0.2, 0.25) is 0 Å². The summed E-state index contributed by atoms with van der Waals surface area (Å²) in [6, 6.07) is 11.7. The quantitative estimate of drug-likeness (QED) is 0.269. The van der Waals surface area contributed by atoms with Crippen LogP contribution in [0.4, 0.5) is 0 Å². The Bertz CT molecular complexity index is 795. The van der Waals surface area contributed by atoms with E-state index in [0.717, 1.165) is 7.14 Å². The van der Waals surface area contributed by atoms with Crippen LogP contribution >= 0.6 is 45.2 Å². The van der Waals surface area contributed by atoms with Gasteiger partial charge in [-0.05, 0) is 81.6 Å². The van der Waals surface area contributed by atoms with Crippen molar-refractivity contribution in [2.75, 3.05) is 0 Å². The van der Waals surface area contributed by atoms with E-state index in [1.807, 2.05) is 45.2 Å². The minimum Gasteiger partial charge on any atom is -0.744 e. The molecular weight excluding hydrogens is 695 g/mol. The number of halogens is 2. The van der Waals surface area contributed by atoms with Crippen molar-refractivity contribution in [3.05, 3.63) is 55.7 Å². The summed E-state index contributed by atoms with van der Waals surface area (Å²) in [5.41, 5.74) is 0. The van der Waals surface area contributed by atoms with Gasteiger partial charge in [0, 0.05) is 7.14 Å². The first-order valence-electron chi connectivity index (χ1n) is 5.43. The van der Waals surface area contributed by atoms with Gasteiger partial charge in [-0.15, -0.1) is 0 Å². The Morgan fingerprint density at radius 1 is 0.696 bits per heavy atom. The second kappa shape index (κ2) is 10.4. The third-order valence-electron chi connectivity index (χ3n) is 2.17. The van der Waals surface area contributed by atoms with Crippen LogP contribution in [0.25, 0.3) is 0 Å². The minimum absolute atomic E-state index is 0. The molecule has 0 bridgehead atoms. The molecule has 0 saturated carbocycles. The monoisotopic (exact) mass is 704 g/mol. The molecule has 11 heteroatoms. The second-order valence-electron chi connectivity index (χ2n) is 3.82. The molecule has 0 aromatic heterocycles. The first-order chi connectivity index (χ1) is 10.00. The second-order valence-corrected chi connectivity index (χ2v) is 9.07. The van der Waals surface area contributed by atoms with Crippen LogP contribution < -0.4 is 0 Å². The summed E-state index contributed by atoms with van der Waals surface area (Å²) < 4.78 is 64.0. The minimum atomic E-state index is -4.28. The predicted molar refractivity (Wildman–Crippen MR) is 100.0 cm³/mol. The summed E-state index contributed by atoms with van der Waals surface area (Å²) in [7, 11) is -8.56. The fourth-order valence-electron chi connectivity index (χ4n) is 1.25. The van der Waals surface area contributed by atoms with E-state index in [2.05, 4.69) is 0 Å². The number of benzene rings is 2. The third-order valence-corrected chi connectivity index (χ3v) is 5.17. The maximum Gasteiger partial charge on any atom is 2.00 e. The van der Waals surface area contributed by atoms with Crippen molar-refractivity contribution >= 4 is 114 Å². The largest absolute Gasteiger partial charge is 2.00 e. The summed E-state index contributed by atoms with van der Waals surface area (Å²) in [6.07, 6.45) is 0. The number of rotatable bonds is 2. The van der Waals surface area contributed by atoms with Gasteiger partial charge in [0.1, 0.15) is 20.2 Å². The normalized spacial score (nSPS) is 11.0. The van der Waals surface area contributed by atoms with E-state index < -0.39 is 20.2 Å². The summed E-state index contributed by atoms with van der Waals surface area (Å²) in [5, 5.41) is 0. The van der Waals surface area contributed by atoms with Crippen molar-refractivity contribution in [3.8, 4) is 0 Å². The standard InChI is InChI=1S/2C6H5IO3S.Ba/c2*7-5-2-1-3-6(4-5)11(8,9)10;/h2*1-4H,(H,8,9,10);/q;;+2/p-2. The van der Waals surface area contributed by atoms with Gasteiger partial charge < -0.3 is 9.11 Å². The average molecular weight is 703 g/mol. The van der Waals surface area contributed by atoms with Crippen molar-refractivity contribution in [2.24, 2.45) is 0 Å². The van der Waals surface area contributed by atoms with Crippen molar-refractivity contribution < 1.29 is 25.9 Å². The van der Waals surface area contributed by atoms with Gasteiger partial charge in [0.25, 0.3) is 0 Å². The first-order valence-corrected chi connectivity index (χ1v) is 10.4. The van der Waals surface area contributed by atoms with Crippen LogP contribution in [0.15, 0.2) is 58.3 Å². The fourth-order valence-corrected chi connectivity index (χ4v) is 3.79. The van der Waals surface area contributed by atoms with Gasteiger partial charge in [-0.1, -0.05) is 12.1 Å². The average Bonchev–Trinajstić information content (AvgIpc) is 2.37. The van der Waals surface area contributed by atoms with Crippen LogP contribution in [0.2, 0.25) is 0 Å². The molecule has 0 radical (unpaired) electrons. The molecule has 23 heavy (non-hydrogen) atoms. The van der Waals surface area contributed by atoms with Crippen molar-refractivity contribution in [3.63, 3.8) is 0 Å². The van der Waals surface area contributed by atoms with E-state index in [4.69, 9.17) is 0 Å². The summed E-state index contributed by atoms with van der Waals surface area (Å²) in [4.78, 5) is -0.353. The van der Waals surface area contributed by atoms with Crippen LogP contribution in [-0.2, 0) is 20.2 Å². The maximum absolute atomic E-state index is 10.4. The van der Waals surface area contributed by atoms with Crippen molar-refractivity contribution in [2.45, 2.75) is 9.79 Å². The van der Waals surface area contributed by atoms with E-state index >= 15 is 0 Å². The molecular formula is C12H8BaI2O6S2. The summed E-state index contributed by atoms with van der Waals surface area (Å²) in [6.45, 7) is 0. The van der Waals surface area contributed by atoms with E-state index in [9.17, 15) is 25.9 Å². The van der Waals surface area contributed by atoms with Gasteiger partial charge in [0.15, 0.2) is 0 Å². The molecule has 0 atom stereocenters. The molecule has 0 N–H and O–H groups in total. The molecule has 120 valence electrons. The Balaban J connectivity index is 0.000000403. The topological polar surface area (TPSA) is 114 Å². The smallest absolute Gasteiger partial charge is 0.744 e. The van der Waals surface area contributed by atoms with Gasteiger partial charge in [-0.3, -0.25) is 0 Å². The molecule has 2 aromatic rings. The molecule has 6 nitrogen and oxygen atoms in total. The molecule has 0 aliphatic rings. The van der Waals surface area contributed by atoms with E-state index in [0.29, 0.717) is 0 Å². The molecule has 0 aliphatic carbocycles. The van der Waals surface area contributed by atoms with Gasteiger partial charge in [-0.2, -0.15) is 0 Å². The Labute approximate surface area is 202 Å².